The van der Waals surface area contributed by atoms with Gasteiger partial charge >= 0.3 is 0 Å². The highest BCUT2D eigenvalue weighted by molar-refractivity contribution is 7.92. The maximum atomic E-state index is 12.4. The van der Waals surface area contributed by atoms with Crippen LogP contribution in [0.5, 0.6) is 0 Å². The summed E-state index contributed by atoms with van der Waals surface area (Å²) in [6.07, 6.45) is 0.325. The molecule has 1 aliphatic rings. The van der Waals surface area contributed by atoms with E-state index in [1.54, 1.807) is 12.1 Å². The zero-order valence-corrected chi connectivity index (χ0v) is 13.8. The Morgan fingerprint density at radius 3 is 2.24 bits per heavy atom. The largest absolute Gasteiger partial charge is 0.280 e. The maximum absolute atomic E-state index is 12.4. The highest BCUT2D eigenvalue weighted by Crippen LogP contribution is 2.25. The number of hydrogen-bond donors (Lipinski definition) is 1. The van der Waals surface area contributed by atoms with Gasteiger partial charge in [0.25, 0.3) is 10.0 Å². The van der Waals surface area contributed by atoms with Crippen LogP contribution in [0.2, 0.25) is 0 Å². The highest BCUT2D eigenvalue weighted by atomic mass is 32.2. The Balaban J connectivity index is 1.84. The van der Waals surface area contributed by atoms with Crippen molar-refractivity contribution in [2.24, 2.45) is 0 Å². The predicted octanol–water partition coefficient (Wildman–Crippen LogP) is 2.01. The second kappa shape index (κ2) is 6.37. The van der Waals surface area contributed by atoms with Gasteiger partial charge in [-0.2, -0.15) is 5.26 Å². The van der Waals surface area contributed by atoms with Crippen LogP contribution in [0.3, 0.4) is 0 Å². The van der Waals surface area contributed by atoms with Gasteiger partial charge in [-0.25, -0.2) is 8.42 Å². The van der Waals surface area contributed by atoms with Crippen molar-refractivity contribution in [2.75, 3.05) is 9.62 Å². The molecule has 126 valence electrons. The Morgan fingerprint density at radius 1 is 1.00 bits per heavy atom. The van der Waals surface area contributed by atoms with Crippen LogP contribution in [0.1, 0.15) is 18.4 Å². The van der Waals surface area contributed by atoms with Crippen LogP contribution >= 0.6 is 0 Å². The molecule has 0 spiro atoms. The molecule has 8 heteroatoms. The minimum Gasteiger partial charge on any atom is -0.280 e. The number of anilines is 2. The quantitative estimate of drug-likeness (QED) is 0.844. The van der Waals surface area contributed by atoms with Crippen molar-refractivity contribution in [3.63, 3.8) is 0 Å². The number of amides is 2. The number of nitriles is 1. The monoisotopic (exact) mass is 355 g/mol. The first-order valence-corrected chi connectivity index (χ1v) is 8.88. The summed E-state index contributed by atoms with van der Waals surface area (Å²) >= 11 is 0. The van der Waals surface area contributed by atoms with E-state index < -0.39 is 10.0 Å². The molecule has 1 saturated heterocycles. The van der Waals surface area contributed by atoms with E-state index in [-0.39, 0.29) is 35.2 Å². The van der Waals surface area contributed by atoms with E-state index in [4.69, 9.17) is 5.26 Å². The molecule has 0 unspecified atom stereocenters. The van der Waals surface area contributed by atoms with Gasteiger partial charge < -0.3 is 0 Å². The third-order valence-electron chi connectivity index (χ3n) is 3.70. The Morgan fingerprint density at radius 2 is 1.64 bits per heavy atom. The van der Waals surface area contributed by atoms with Crippen LogP contribution in [0, 0.1) is 11.3 Å². The molecule has 1 heterocycles. The van der Waals surface area contributed by atoms with E-state index in [2.05, 4.69) is 4.72 Å². The topological polar surface area (TPSA) is 107 Å². The summed E-state index contributed by atoms with van der Waals surface area (Å²) in [5, 5.41) is 8.87. The molecule has 3 rings (SSSR count). The standard InChI is InChI=1S/C17H13N3O4S/c18-11-12-2-1-3-13(10-12)19-25(23,24)15-6-4-14(5-7-15)20-16(21)8-9-17(20)22/h1-7,10,19H,8-9H2. The molecule has 2 aromatic rings. The van der Waals surface area contributed by atoms with E-state index >= 15 is 0 Å². The second-order valence-corrected chi connectivity index (χ2v) is 7.10. The molecule has 0 radical (unpaired) electrons. The number of imide groups is 1. The average molecular weight is 355 g/mol. The molecule has 2 aromatic carbocycles. The van der Waals surface area contributed by atoms with Gasteiger partial charge in [0, 0.05) is 12.8 Å². The van der Waals surface area contributed by atoms with Crippen LogP contribution in [0.25, 0.3) is 0 Å². The van der Waals surface area contributed by atoms with Gasteiger partial charge in [0.2, 0.25) is 11.8 Å². The summed E-state index contributed by atoms with van der Waals surface area (Å²) in [5.41, 5.74) is 0.951. The molecule has 1 fully saturated rings. The fourth-order valence-corrected chi connectivity index (χ4v) is 3.55. The fourth-order valence-electron chi connectivity index (χ4n) is 2.51. The molecular weight excluding hydrogens is 342 g/mol. The first-order chi connectivity index (χ1) is 11.9. The second-order valence-electron chi connectivity index (χ2n) is 5.41. The molecule has 0 atom stereocenters. The summed E-state index contributed by atoms with van der Waals surface area (Å²) in [6.45, 7) is 0. The lowest BCUT2D eigenvalue weighted by Gasteiger charge is -2.14. The summed E-state index contributed by atoms with van der Waals surface area (Å²) in [5.74, 6) is -0.598. The molecule has 1 N–H and O–H groups in total. The van der Waals surface area contributed by atoms with Crippen molar-refractivity contribution in [3.8, 4) is 6.07 Å². The van der Waals surface area contributed by atoms with Crippen molar-refractivity contribution in [1.29, 1.82) is 5.26 Å². The van der Waals surface area contributed by atoms with Gasteiger partial charge in [-0.15, -0.1) is 0 Å². The van der Waals surface area contributed by atoms with Crippen molar-refractivity contribution >= 4 is 33.2 Å². The first kappa shape index (κ1) is 16.7. The first-order valence-electron chi connectivity index (χ1n) is 7.39. The molecule has 0 aliphatic carbocycles. The lowest BCUT2D eigenvalue weighted by molar-refractivity contribution is -0.121. The minimum atomic E-state index is -3.85. The predicted molar refractivity (Wildman–Crippen MR) is 90.1 cm³/mol. The Kier molecular flexibility index (Phi) is 4.25. The number of nitrogens with one attached hydrogen (secondary N) is 1. The van der Waals surface area contributed by atoms with Crippen LogP contribution in [0.15, 0.2) is 53.4 Å². The molecule has 0 saturated carbocycles. The van der Waals surface area contributed by atoms with Gasteiger partial charge in [-0.3, -0.25) is 19.2 Å². The van der Waals surface area contributed by atoms with Crippen LogP contribution < -0.4 is 9.62 Å². The smallest absolute Gasteiger partial charge is 0.261 e. The van der Waals surface area contributed by atoms with Gasteiger partial charge in [0.15, 0.2) is 0 Å². The molecule has 2 amide bonds. The van der Waals surface area contributed by atoms with E-state index in [0.717, 1.165) is 4.90 Å². The van der Waals surface area contributed by atoms with Crippen LogP contribution in [-0.2, 0) is 19.6 Å². The summed E-state index contributed by atoms with van der Waals surface area (Å²) < 4.78 is 27.2. The minimum absolute atomic E-state index is 0.0160. The molecule has 0 bridgehead atoms. The van der Waals surface area contributed by atoms with Gasteiger partial charge in [0.05, 0.1) is 27.9 Å². The summed E-state index contributed by atoms with van der Waals surface area (Å²) in [4.78, 5) is 24.5. The fraction of sp³-hybridized carbons (Fsp3) is 0.118. The number of carbonyl (C=O) groups excluding carboxylic acids is 2. The normalized spacial score (nSPS) is 14.4. The number of carbonyl (C=O) groups is 2. The van der Waals surface area contributed by atoms with Crippen LogP contribution in [0.4, 0.5) is 11.4 Å². The Labute approximate surface area is 144 Å². The van der Waals surface area contributed by atoms with Crippen molar-refractivity contribution in [3.05, 3.63) is 54.1 Å². The Bertz CT molecular complexity index is 975. The number of nitrogens with zero attached hydrogens (tertiary/aromatic N) is 2. The maximum Gasteiger partial charge on any atom is 0.261 e. The summed E-state index contributed by atoms with van der Waals surface area (Å²) in [6, 6.07) is 13.5. The molecule has 0 aromatic heterocycles. The third kappa shape index (κ3) is 3.36. The SMILES string of the molecule is N#Cc1cccc(NS(=O)(=O)c2ccc(N3C(=O)CCC3=O)cc2)c1. The van der Waals surface area contributed by atoms with Gasteiger partial charge in [-0.05, 0) is 42.5 Å². The number of hydrogen-bond acceptors (Lipinski definition) is 5. The van der Waals surface area contributed by atoms with Crippen molar-refractivity contribution < 1.29 is 18.0 Å². The lowest BCUT2D eigenvalue weighted by Crippen LogP contribution is -2.28. The molecular formula is C17H13N3O4S. The molecule has 25 heavy (non-hydrogen) atoms. The van der Waals surface area contributed by atoms with E-state index in [1.165, 1.54) is 36.4 Å². The lowest BCUT2D eigenvalue weighted by atomic mass is 10.2. The third-order valence-corrected chi connectivity index (χ3v) is 5.10. The number of rotatable bonds is 4. The van der Waals surface area contributed by atoms with Crippen molar-refractivity contribution in [2.45, 2.75) is 17.7 Å². The highest BCUT2D eigenvalue weighted by Gasteiger charge is 2.30. The number of sulfonamides is 1. The molecule has 7 nitrogen and oxygen atoms in total. The van der Waals surface area contributed by atoms with Crippen molar-refractivity contribution in [1.82, 2.24) is 0 Å². The zero-order chi connectivity index (χ0) is 18.0. The number of benzene rings is 2. The Hall–Kier alpha value is -3.18. The van der Waals surface area contributed by atoms with E-state index in [9.17, 15) is 18.0 Å². The molecule has 1 aliphatic heterocycles. The average Bonchev–Trinajstić information content (AvgIpc) is 2.93. The van der Waals surface area contributed by atoms with Crippen LogP contribution in [-0.4, -0.2) is 20.2 Å². The van der Waals surface area contributed by atoms with Gasteiger partial charge in [0.1, 0.15) is 0 Å². The zero-order valence-electron chi connectivity index (χ0n) is 13.0. The van der Waals surface area contributed by atoms with E-state index in [1.807, 2.05) is 6.07 Å². The summed E-state index contributed by atoms with van der Waals surface area (Å²) in [7, 11) is -3.85. The van der Waals surface area contributed by atoms with Gasteiger partial charge in [-0.1, -0.05) is 6.07 Å². The van der Waals surface area contributed by atoms with E-state index in [0.29, 0.717) is 11.3 Å².